The van der Waals surface area contributed by atoms with Gasteiger partial charge in [-0.05, 0) is 18.4 Å². The summed E-state index contributed by atoms with van der Waals surface area (Å²) in [6.45, 7) is 4.39. The third-order valence-corrected chi connectivity index (χ3v) is 2.73. The molecule has 2 aromatic rings. The van der Waals surface area contributed by atoms with Crippen LogP contribution in [0, 0.1) is 0 Å². The molecule has 0 aliphatic heterocycles. The van der Waals surface area contributed by atoms with Crippen LogP contribution in [-0.2, 0) is 0 Å². The molecule has 3 nitrogen and oxygen atoms in total. The standard InChI is InChI=1S/C12H13N3S/c1-3-8-13-11-9-6-4-5-7-10(9)14-12(15-11)16-2/h3-7H,1,8H2,2H3,(H,13,14,15). The van der Waals surface area contributed by atoms with Crippen molar-refractivity contribution in [2.24, 2.45) is 0 Å². The highest BCUT2D eigenvalue weighted by Crippen LogP contribution is 2.22. The Bertz CT molecular complexity index is 511. The van der Waals surface area contributed by atoms with Gasteiger partial charge in [-0.15, -0.1) is 6.58 Å². The smallest absolute Gasteiger partial charge is 0.189 e. The predicted octanol–water partition coefficient (Wildman–Crippen LogP) is 2.95. The van der Waals surface area contributed by atoms with Crippen molar-refractivity contribution >= 4 is 28.5 Å². The van der Waals surface area contributed by atoms with Crippen LogP contribution >= 0.6 is 11.8 Å². The fourth-order valence-corrected chi connectivity index (χ4v) is 1.82. The molecular weight excluding hydrogens is 218 g/mol. The van der Waals surface area contributed by atoms with E-state index in [0.29, 0.717) is 6.54 Å². The quantitative estimate of drug-likeness (QED) is 0.499. The second-order valence-electron chi connectivity index (χ2n) is 3.25. The van der Waals surface area contributed by atoms with E-state index in [2.05, 4.69) is 21.9 Å². The molecule has 0 spiro atoms. The van der Waals surface area contributed by atoms with Gasteiger partial charge in [-0.1, -0.05) is 30.0 Å². The highest BCUT2D eigenvalue weighted by atomic mass is 32.2. The van der Waals surface area contributed by atoms with Gasteiger partial charge in [0.1, 0.15) is 5.82 Å². The molecule has 1 aromatic carbocycles. The molecule has 82 valence electrons. The first-order valence-electron chi connectivity index (χ1n) is 5.00. The summed E-state index contributed by atoms with van der Waals surface area (Å²) in [5.74, 6) is 0.870. The molecule has 0 atom stereocenters. The van der Waals surface area contributed by atoms with Gasteiger partial charge in [0.05, 0.1) is 5.52 Å². The van der Waals surface area contributed by atoms with Gasteiger partial charge in [-0.25, -0.2) is 9.97 Å². The van der Waals surface area contributed by atoms with Crippen molar-refractivity contribution < 1.29 is 0 Å². The molecule has 0 aliphatic carbocycles. The van der Waals surface area contributed by atoms with Crippen LogP contribution in [0.3, 0.4) is 0 Å². The van der Waals surface area contributed by atoms with Gasteiger partial charge in [0.15, 0.2) is 5.16 Å². The molecule has 0 bridgehead atoms. The predicted molar refractivity (Wildman–Crippen MR) is 70.0 cm³/mol. The monoisotopic (exact) mass is 231 g/mol. The lowest BCUT2D eigenvalue weighted by molar-refractivity contribution is 1.00. The Labute approximate surface area is 99.0 Å². The van der Waals surface area contributed by atoms with Crippen molar-refractivity contribution in [1.82, 2.24) is 9.97 Å². The number of hydrogen-bond donors (Lipinski definition) is 1. The van der Waals surface area contributed by atoms with Crippen molar-refractivity contribution in [3.8, 4) is 0 Å². The highest BCUT2D eigenvalue weighted by Gasteiger charge is 2.05. The summed E-state index contributed by atoms with van der Waals surface area (Å²) in [4.78, 5) is 8.90. The minimum Gasteiger partial charge on any atom is -0.366 e. The Morgan fingerprint density at radius 1 is 1.38 bits per heavy atom. The van der Waals surface area contributed by atoms with Crippen molar-refractivity contribution in [3.63, 3.8) is 0 Å². The van der Waals surface area contributed by atoms with Crippen LogP contribution in [0.15, 0.2) is 42.1 Å². The average molecular weight is 231 g/mol. The maximum Gasteiger partial charge on any atom is 0.189 e. The zero-order valence-electron chi connectivity index (χ0n) is 9.10. The lowest BCUT2D eigenvalue weighted by Crippen LogP contribution is -2.02. The number of anilines is 1. The van der Waals surface area contributed by atoms with E-state index in [1.165, 1.54) is 0 Å². The number of fused-ring (bicyclic) bond motifs is 1. The molecule has 4 heteroatoms. The highest BCUT2D eigenvalue weighted by molar-refractivity contribution is 7.98. The van der Waals surface area contributed by atoms with Gasteiger partial charge >= 0.3 is 0 Å². The van der Waals surface area contributed by atoms with Crippen LogP contribution in [0.2, 0.25) is 0 Å². The number of rotatable bonds is 4. The number of para-hydroxylation sites is 1. The van der Waals surface area contributed by atoms with Crippen LogP contribution in [0.4, 0.5) is 5.82 Å². The lowest BCUT2D eigenvalue weighted by atomic mass is 10.2. The van der Waals surface area contributed by atoms with Gasteiger partial charge in [-0.3, -0.25) is 0 Å². The van der Waals surface area contributed by atoms with Crippen molar-refractivity contribution in [2.45, 2.75) is 5.16 Å². The second-order valence-corrected chi connectivity index (χ2v) is 4.02. The minimum absolute atomic E-state index is 0.703. The first-order valence-corrected chi connectivity index (χ1v) is 6.23. The molecule has 1 heterocycles. The maximum absolute atomic E-state index is 4.45. The molecule has 0 fully saturated rings. The summed E-state index contributed by atoms with van der Waals surface area (Å²) in [6, 6.07) is 7.99. The SMILES string of the molecule is C=CCNc1nc(SC)nc2ccccc12. The van der Waals surface area contributed by atoms with E-state index in [1.807, 2.05) is 36.6 Å². The first kappa shape index (κ1) is 11.0. The summed E-state index contributed by atoms with van der Waals surface area (Å²) in [6.07, 6.45) is 3.79. The lowest BCUT2D eigenvalue weighted by Gasteiger charge is -2.07. The van der Waals surface area contributed by atoms with Crippen LogP contribution in [0.1, 0.15) is 0 Å². The number of nitrogens with zero attached hydrogens (tertiary/aromatic N) is 2. The zero-order valence-corrected chi connectivity index (χ0v) is 9.92. The van der Waals surface area contributed by atoms with E-state index >= 15 is 0 Å². The average Bonchev–Trinajstić information content (AvgIpc) is 2.35. The fourth-order valence-electron chi connectivity index (χ4n) is 1.45. The fraction of sp³-hybridized carbons (Fsp3) is 0.167. The van der Waals surface area contributed by atoms with E-state index < -0.39 is 0 Å². The summed E-state index contributed by atoms with van der Waals surface area (Å²) >= 11 is 1.54. The molecular formula is C12H13N3S. The van der Waals surface area contributed by atoms with E-state index in [0.717, 1.165) is 21.9 Å². The molecule has 0 aliphatic rings. The van der Waals surface area contributed by atoms with Gasteiger partial charge in [0.2, 0.25) is 0 Å². The Morgan fingerprint density at radius 2 is 2.19 bits per heavy atom. The Kier molecular flexibility index (Phi) is 3.41. The van der Waals surface area contributed by atoms with Crippen molar-refractivity contribution in [1.29, 1.82) is 0 Å². The third kappa shape index (κ3) is 2.17. The molecule has 0 saturated heterocycles. The first-order chi connectivity index (χ1) is 7.85. The molecule has 1 aromatic heterocycles. The van der Waals surface area contributed by atoms with Gasteiger partial charge in [0, 0.05) is 11.9 Å². The number of hydrogen-bond acceptors (Lipinski definition) is 4. The zero-order chi connectivity index (χ0) is 11.4. The van der Waals surface area contributed by atoms with E-state index in [4.69, 9.17) is 0 Å². The molecule has 16 heavy (non-hydrogen) atoms. The molecule has 2 rings (SSSR count). The van der Waals surface area contributed by atoms with E-state index in [-0.39, 0.29) is 0 Å². The van der Waals surface area contributed by atoms with Crippen molar-refractivity contribution in [2.75, 3.05) is 18.1 Å². The second kappa shape index (κ2) is 4.99. The third-order valence-electron chi connectivity index (χ3n) is 2.18. The topological polar surface area (TPSA) is 37.8 Å². The molecule has 0 unspecified atom stereocenters. The number of aromatic nitrogens is 2. The van der Waals surface area contributed by atoms with Gasteiger partial charge in [-0.2, -0.15) is 0 Å². The summed E-state index contributed by atoms with van der Waals surface area (Å²) in [5, 5.41) is 5.06. The summed E-state index contributed by atoms with van der Waals surface area (Å²) in [7, 11) is 0. The normalized spacial score (nSPS) is 10.3. The molecule has 0 saturated carbocycles. The maximum atomic E-state index is 4.45. The van der Waals surface area contributed by atoms with Gasteiger partial charge in [0.25, 0.3) is 0 Å². The Morgan fingerprint density at radius 3 is 2.94 bits per heavy atom. The molecule has 0 amide bonds. The number of thioether (sulfide) groups is 1. The summed E-state index contributed by atoms with van der Waals surface area (Å²) < 4.78 is 0. The van der Waals surface area contributed by atoms with Crippen LogP contribution in [0.25, 0.3) is 10.9 Å². The minimum atomic E-state index is 0.703. The van der Waals surface area contributed by atoms with Crippen LogP contribution in [0.5, 0.6) is 0 Å². The Hall–Kier alpha value is -1.55. The van der Waals surface area contributed by atoms with E-state index in [1.54, 1.807) is 11.8 Å². The largest absolute Gasteiger partial charge is 0.366 e. The van der Waals surface area contributed by atoms with Crippen LogP contribution in [-0.4, -0.2) is 22.8 Å². The van der Waals surface area contributed by atoms with Crippen molar-refractivity contribution in [3.05, 3.63) is 36.9 Å². The molecule has 0 radical (unpaired) electrons. The van der Waals surface area contributed by atoms with E-state index in [9.17, 15) is 0 Å². The molecule has 1 N–H and O–H groups in total. The Balaban J connectivity index is 2.54. The summed E-state index contributed by atoms with van der Waals surface area (Å²) in [5.41, 5.74) is 0.966. The van der Waals surface area contributed by atoms with Gasteiger partial charge < -0.3 is 5.32 Å². The number of benzene rings is 1. The van der Waals surface area contributed by atoms with Crippen LogP contribution < -0.4 is 5.32 Å². The number of nitrogens with one attached hydrogen (secondary N) is 1.